The van der Waals surface area contributed by atoms with Crippen LogP contribution in [-0.2, 0) is 12.4 Å². The molecule has 0 aliphatic heterocycles. The van der Waals surface area contributed by atoms with Crippen LogP contribution in [0.5, 0.6) is 11.5 Å². The Morgan fingerprint density at radius 3 is 2.58 bits per heavy atom. The number of rotatable bonds is 8. The van der Waals surface area contributed by atoms with Crippen molar-refractivity contribution in [1.29, 1.82) is 0 Å². The first-order valence-electron chi connectivity index (χ1n) is 9.95. The molecule has 0 bridgehead atoms. The van der Waals surface area contributed by atoms with E-state index in [0.29, 0.717) is 11.8 Å². The molecule has 0 radical (unpaired) electrons. The van der Waals surface area contributed by atoms with E-state index < -0.39 is 0 Å². The zero-order valence-corrected chi connectivity index (χ0v) is 18.9. The highest BCUT2D eigenvalue weighted by Crippen LogP contribution is 2.24. The average molecular weight is 434 g/mol. The Bertz CT molecular complexity index is 1070. The van der Waals surface area contributed by atoms with Crippen LogP contribution in [-0.4, -0.2) is 18.5 Å². The van der Waals surface area contributed by atoms with Crippen LogP contribution < -0.4 is 15.2 Å². The minimum Gasteiger partial charge on any atom is -0.496 e. The Hall–Kier alpha value is -3.25. The van der Waals surface area contributed by atoms with Gasteiger partial charge in [-0.3, -0.25) is 0 Å². The summed E-state index contributed by atoms with van der Waals surface area (Å²) in [6.45, 7) is 4.48. The van der Waals surface area contributed by atoms with E-state index in [1.165, 1.54) is 17.3 Å². The summed E-state index contributed by atoms with van der Waals surface area (Å²) in [5.41, 5.74) is 11.2. The number of benzene rings is 3. The largest absolute Gasteiger partial charge is 0.496 e. The van der Waals surface area contributed by atoms with Gasteiger partial charge in [0.15, 0.2) is 5.17 Å². The third kappa shape index (κ3) is 6.89. The van der Waals surface area contributed by atoms with Crippen LogP contribution in [0, 0.1) is 13.8 Å². The number of thioether (sulfide) groups is 1. The lowest BCUT2D eigenvalue weighted by Crippen LogP contribution is -2.06. The third-order valence-corrected chi connectivity index (χ3v) is 5.48. The minimum atomic E-state index is 0.396. The molecule has 0 spiro atoms. The first-order valence-corrected chi connectivity index (χ1v) is 10.9. The molecule has 0 unspecified atom stereocenters. The summed E-state index contributed by atoms with van der Waals surface area (Å²) in [7, 11) is 1.65. The fourth-order valence-electron chi connectivity index (χ4n) is 2.92. The molecule has 0 aliphatic rings. The Kier molecular flexibility index (Phi) is 8.12. The molecule has 0 heterocycles. The monoisotopic (exact) mass is 433 g/mol. The van der Waals surface area contributed by atoms with E-state index in [1.54, 1.807) is 13.3 Å². The highest BCUT2D eigenvalue weighted by molar-refractivity contribution is 8.13. The van der Waals surface area contributed by atoms with E-state index in [4.69, 9.17) is 15.2 Å². The number of methoxy groups -OCH3 is 1. The normalized spacial score (nSPS) is 11.6. The van der Waals surface area contributed by atoms with Crippen molar-refractivity contribution in [2.24, 2.45) is 15.9 Å². The van der Waals surface area contributed by atoms with Gasteiger partial charge >= 0.3 is 0 Å². The number of ether oxygens (including phenoxy) is 2. The van der Waals surface area contributed by atoms with Crippen molar-refractivity contribution in [2.45, 2.75) is 26.2 Å². The lowest BCUT2D eigenvalue weighted by molar-refractivity contribution is 0.294. The van der Waals surface area contributed by atoms with Gasteiger partial charge in [-0.15, -0.1) is 5.10 Å². The average Bonchev–Trinajstić information content (AvgIpc) is 2.79. The van der Waals surface area contributed by atoms with Gasteiger partial charge in [-0.2, -0.15) is 5.10 Å². The number of nitrogens with zero attached hydrogens (tertiary/aromatic N) is 2. The van der Waals surface area contributed by atoms with Gasteiger partial charge in [-0.1, -0.05) is 54.2 Å². The van der Waals surface area contributed by atoms with Crippen molar-refractivity contribution < 1.29 is 9.47 Å². The Morgan fingerprint density at radius 1 is 1.00 bits per heavy atom. The van der Waals surface area contributed by atoms with Crippen LogP contribution in [0.1, 0.15) is 27.8 Å². The van der Waals surface area contributed by atoms with E-state index in [2.05, 4.69) is 34.5 Å². The molecule has 31 heavy (non-hydrogen) atoms. The molecular formula is C25H27N3O2S. The van der Waals surface area contributed by atoms with Gasteiger partial charge in [-0.05, 0) is 60.4 Å². The summed E-state index contributed by atoms with van der Waals surface area (Å²) in [6, 6.07) is 22.1. The fourth-order valence-corrected chi connectivity index (χ4v) is 3.53. The fraction of sp³-hybridized carbons (Fsp3) is 0.200. The number of aryl methyl sites for hydroxylation is 2. The predicted octanol–water partition coefficient (Wildman–Crippen LogP) is 5.47. The molecule has 0 fully saturated rings. The smallest absolute Gasteiger partial charge is 0.180 e. The molecule has 0 atom stereocenters. The van der Waals surface area contributed by atoms with Crippen molar-refractivity contribution in [2.75, 3.05) is 7.11 Å². The molecule has 3 rings (SSSR count). The zero-order valence-electron chi connectivity index (χ0n) is 18.0. The van der Waals surface area contributed by atoms with Gasteiger partial charge < -0.3 is 15.2 Å². The Balaban J connectivity index is 1.64. The predicted molar refractivity (Wildman–Crippen MR) is 130 cm³/mol. The maximum atomic E-state index is 6.04. The molecule has 0 amide bonds. The molecule has 5 nitrogen and oxygen atoms in total. The van der Waals surface area contributed by atoms with Gasteiger partial charge in [0, 0.05) is 11.3 Å². The van der Waals surface area contributed by atoms with E-state index in [9.17, 15) is 0 Å². The summed E-state index contributed by atoms with van der Waals surface area (Å²) in [6.07, 6.45) is 1.68. The van der Waals surface area contributed by atoms with Crippen molar-refractivity contribution in [1.82, 2.24) is 0 Å². The lowest BCUT2D eigenvalue weighted by Gasteiger charge is -2.13. The third-order valence-electron chi connectivity index (χ3n) is 4.62. The second-order valence-corrected chi connectivity index (χ2v) is 8.08. The Labute approximate surface area is 188 Å². The van der Waals surface area contributed by atoms with E-state index in [-0.39, 0.29) is 0 Å². The molecule has 3 aromatic carbocycles. The van der Waals surface area contributed by atoms with Crippen molar-refractivity contribution in [3.05, 3.63) is 94.5 Å². The summed E-state index contributed by atoms with van der Waals surface area (Å²) < 4.78 is 11.5. The molecule has 2 N–H and O–H groups in total. The molecular weight excluding hydrogens is 406 g/mol. The second kappa shape index (κ2) is 11.2. The van der Waals surface area contributed by atoms with Crippen LogP contribution >= 0.6 is 11.8 Å². The van der Waals surface area contributed by atoms with Crippen LogP contribution in [0.2, 0.25) is 0 Å². The molecule has 6 heteroatoms. The summed E-state index contributed by atoms with van der Waals surface area (Å²) in [4.78, 5) is 0. The minimum absolute atomic E-state index is 0.396. The highest BCUT2D eigenvalue weighted by atomic mass is 32.2. The summed E-state index contributed by atoms with van der Waals surface area (Å²) >= 11 is 1.46. The quantitative estimate of drug-likeness (QED) is 0.290. The van der Waals surface area contributed by atoms with E-state index in [0.717, 1.165) is 39.5 Å². The van der Waals surface area contributed by atoms with Crippen molar-refractivity contribution >= 4 is 23.1 Å². The van der Waals surface area contributed by atoms with Gasteiger partial charge in [0.2, 0.25) is 0 Å². The first-order chi connectivity index (χ1) is 15.0. The van der Waals surface area contributed by atoms with E-state index in [1.807, 2.05) is 56.3 Å². The van der Waals surface area contributed by atoms with Crippen LogP contribution in [0.4, 0.5) is 0 Å². The number of hydrogen-bond donors (Lipinski definition) is 1. The molecule has 0 saturated carbocycles. The van der Waals surface area contributed by atoms with Crippen LogP contribution in [0.3, 0.4) is 0 Å². The van der Waals surface area contributed by atoms with Gasteiger partial charge in [-0.25, -0.2) is 0 Å². The molecule has 0 aromatic heterocycles. The topological polar surface area (TPSA) is 69.2 Å². The van der Waals surface area contributed by atoms with Crippen molar-refractivity contribution in [3.8, 4) is 11.5 Å². The standard InChI is InChI=1S/C25H27N3O2S/c1-18-9-10-19(2)24(13-18)30-16-22-14-21(11-12-23(22)29-3)15-27-28-25(26)31-17-20-7-5-4-6-8-20/h4-15H,16-17H2,1-3H3,(H2,26,28). The zero-order chi connectivity index (χ0) is 22.1. The number of amidine groups is 1. The number of nitrogens with two attached hydrogens (primary N) is 1. The highest BCUT2D eigenvalue weighted by Gasteiger charge is 2.07. The summed E-state index contributed by atoms with van der Waals surface area (Å²) in [5.74, 6) is 2.39. The van der Waals surface area contributed by atoms with Gasteiger partial charge in [0.25, 0.3) is 0 Å². The SMILES string of the molecule is COc1ccc(C=NN=C(N)SCc2ccccc2)cc1COc1cc(C)ccc1C. The lowest BCUT2D eigenvalue weighted by atomic mass is 10.1. The summed E-state index contributed by atoms with van der Waals surface area (Å²) in [5, 5.41) is 8.64. The molecule has 0 saturated heterocycles. The molecule has 3 aromatic rings. The maximum Gasteiger partial charge on any atom is 0.180 e. The van der Waals surface area contributed by atoms with Crippen LogP contribution in [0.15, 0.2) is 76.9 Å². The maximum absolute atomic E-state index is 6.04. The van der Waals surface area contributed by atoms with Crippen molar-refractivity contribution in [3.63, 3.8) is 0 Å². The van der Waals surface area contributed by atoms with Gasteiger partial charge in [0.1, 0.15) is 18.1 Å². The van der Waals surface area contributed by atoms with E-state index >= 15 is 0 Å². The van der Waals surface area contributed by atoms with Gasteiger partial charge in [0.05, 0.1) is 13.3 Å². The first kappa shape index (κ1) is 22.4. The second-order valence-electron chi connectivity index (χ2n) is 7.09. The molecule has 160 valence electrons. The van der Waals surface area contributed by atoms with Crippen LogP contribution in [0.25, 0.3) is 0 Å². The molecule has 0 aliphatic carbocycles. The number of hydrogen-bond acceptors (Lipinski definition) is 5. The Morgan fingerprint density at radius 2 is 1.81 bits per heavy atom.